The SMILES string of the molecule is C=C(CC[C@@H](C)[C@H]1CC[C@H]2C3=C(C(=O)[C@H](O)[C@]12C)[C@@]1(C)CC[C@@H](O)[C@@H](C)[C@H]1CC3=O)[C@H](C)C(=O)O. The molecule has 194 valence electrons. The zero-order valence-corrected chi connectivity index (χ0v) is 21.8. The lowest BCUT2D eigenvalue weighted by Crippen LogP contribution is -2.58. The van der Waals surface area contributed by atoms with E-state index in [4.69, 9.17) is 0 Å². The first-order valence-electron chi connectivity index (χ1n) is 13.3. The van der Waals surface area contributed by atoms with Crippen LogP contribution in [0.25, 0.3) is 0 Å². The fraction of sp³-hybridized carbons (Fsp3) is 0.759. The van der Waals surface area contributed by atoms with E-state index < -0.39 is 34.9 Å². The molecule has 4 rings (SSSR count). The van der Waals surface area contributed by atoms with Gasteiger partial charge in [0.2, 0.25) is 0 Å². The van der Waals surface area contributed by atoms with Gasteiger partial charge in [0.25, 0.3) is 0 Å². The molecule has 2 fully saturated rings. The number of hydrogen-bond donors (Lipinski definition) is 3. The molecule has 0 spiro atoms. The number of carboxylic acid groups (broad SMARTS) is 1. The maximum Gasteiger partial charge on any atom is 0.310 e. The Hall–Kier alpha value is -1.79. The number of fused-ring (bicyclic) bond motifs is 4. The number of allylic oxidation sites excluding steroid dienone is 1. The van der Waals surface area contributed by atoms with Crippen molar-refractivity contribution < 1.29 is 29.7 Å². The summed E-state index contributed by atoms with van der Waals surface area (Å²) in [6.07, 6.45) is 2.90. The van der Waals surface area contributed by atoms with E-state index in [9.17, 15) is 29.7 Å². The van der Waals surface area contributed by atoms with Gasteiger partial charge in [0.05, 0.1) is 12.0 Å². The molecular formula is C29H42O6. The molecule has 10 atom stereocenters. The van der Waals surface area contributed by atoms with Gasteiger partial charge >= 0.3 is 5.97 Å². The maximum atomic E-state index is 13.9. The van der Waals surface area contributed by atoms with Crippen molar-refractivity contribution >= 4 is 17.5 Å². The number of carboxylic acids is 1. The molecule has 6 nitrogen and oxygen atoms in total. The predicted molar refractivity (Wildman–Crippen MR) is 132 cm³/mol. The minimum atomic E-state index is -1.16. The zero-order chi connectivity index (χ0) is 26.0. The fourth-order valence-corrected chi connectivity index (χ4v) is 8.40. The Labute approximate surface area is 208 Å². The van der Waals surface area contributed by atoms with Crippen LogP contribution < -0.4 is 0 Å². The summed E-state index contributed by atoms with van der Waals surface area (Å²) in [5.41, 5.74) is 0.709. The Morgan fingerprint density at radius 2 is 1.80 bits per heavy atom. The van der Waals surface area contributed by atoms with E-state index in [0.717, 1.165) is 19.3 Å². The molecule has 35 heavy (non-hydrogen) atoms. The highest BCUT2D eigenvalue weighted by Gasteiger charge is 2.65. The van der Waals surface area contributed by atoms with Gasteiger partial charge in [-0.25, -0.2) is 0 Å². The monoisotopic (exact) mass is 486 g/mol. The Kier molecular flexibility index (Phi) is 6.72. The van der Waals surface area contributed by atoms with Crippen molar-refractivity contribution in [1.29, 1.82) is 0 Å². The smallest absolute Gasteiger partial charge is 0.310 e. The second-order valence-electron chi connectivity index (χ2n) is 12.5. The first-order chi connectivity index (χ1) is 16.3. The highest BCUT2D eigenvalue weighted by atomic mass is 16.4. The number of aliphatic carboxylic acids is 1. The lowest BCUT2D eigenvalue weighted by Gasteiger charge is -2.56. The van der Waals surface area contributed by atoms with Crippen LogP contribution in [0.15, 0.2) is 23.3 Å². The van der Waals surface area contributed by atoms with Crippen molar-refractivity contribution in [3.63, 3.8) is 0 Å². The van der Waals surface area contributed by atoms with Crippen molar-refractivity contribution in [1.82, 2.24) is 0 Å². The third kappa shape index (κ3) is 3.78. The Morgan fingerprint density at radius 1 is 1.14 bits per heavy atom. The summed E-state index contributed by atoms with van der Waals surface area (Å²) < 4.78 is 0. The summed E-state index contributed by atoms with van der Waals surface area (Å²) in [6, 6.07) is 0. The number of carbonyl (C=O) groups excluding carboxylic acids is 2. The Bertz CT molecular complexity index is 980. The number of ketones is 2. The Morgan fingerprint density at radius 3 is 2.43 bits per heavy atom. The molecular weight excluding hydrogens is 444 g/mol. The van der Waals surface area contributed by atoms with Gasteiger partial charge in [-0.3, -0.25) is 14.4 Å². The molecule has 0 radical (unpaired) electrons. The van der Waals surface area contributed by atoms with E-state index in [1.807, 2.05) is 13.8 Å². The molecule has 0 amide bonds. The van der Waals surface area contributed by atoms with Gasteiger partial charge in [-0.05, 0) is 75.0 Å². The number of aliphatic hydroxyl groups is 2. The van der Waals surface area contributed by atoms with E-state index in [0.29, 0.717) is 42.4 Å². The molecule has 4 aliphatic rings. The van der Waals surface area contributed by atoms with Crippen molar-refractivity contribution in [2.24, 2.45) is 46.3 Å². The fourth-order valence-electron chi connectivity index (χ4n) is 8.40. The van der Waals surface area contributed by atoms with Crippen LogP contribution in [0.3, 0.4) is 0 Å². The average molecular weight is 487 g/mol. The third-order valence-electron chi connectivity index (χ3n) is 10.9. The van der Waals surface area contributed by atoms with Gasteiger partial charge in [-0.2, -0.15) is 0 Å². The molecule has 0 aromatic carbocycles. The molecule has 0 aromatic rings. The van der Waals surface area contributed by atoms with E-state index in [2.05, 4.69) is 20.4 Å². The number of Topliss-reactive ketones (excluding diaryl/α,β-unsaturated/α-hetero) is 2. The number of aliphatic hydroxyl groups excluding tert-OH is 2. The number of carbonyl (C=O) groups is 3. The molecule has 4 aliphatic carbocycles. The van der Waals surface area contributed by atoms with Crippen molar-refractivity contribution in [2.75, 3.05) is 0 Å². The summed E-state index contributed by atoms with van der Waals surface area (Å²) in [7, 11) is 0. The molecule has 0 aliphatic heterocycles. The van der Waals surface area contributed by atoms with E-state index in [1.165, 1.54) is 0 Å². The standard InChI is InChI=1S/C29H42O6/c1-14(16(3)27(34)35)7-8-15(2)18-9-10-19-23-22(31)13-20-17(4)21(30)11-12-28(20,5)24(23)25(32)26(33)29(18,19)6/h15-21,26,30,33H,1,7-13H2,2-6H3,(H,34,35)/t15-,16+,17+,18-,19+,20-,21-,26+,28+,29-/m1/s1. The summed E-state index contributed by atoms with van der Waals surface area (Å²) >= 11 is 0. The Balaban J connectivity index is 1.66. The summed E-state index contributed by atoms with van der Waals surface area (Å²) in [5, 5.41) is 31.3. The van der Waals surface area contributed by atoms with Gasteiger partial charge in [-0.15, -0.1) is 0 Å². The summed E-state index contributed by atoms with van der Waals surface area (Å²) in [5.74, 6) is -1.84. The first kappa shape index (κ1) is 26.3. The molecule has 3 N–H and O–H groups in total. The van der Waals surface area contributed by atoms with Crippen LogP contribution in [0, 0.1) is 46.3 Å². The van der Waals surface area contributed by atoms with Gasteiger partial charge in [0, 0.05) is 28.4 Å². The maximum absolute atomic E-state index is 13.9. The summed E-state index contributed by atoms with van der Waals surface area (Å²) in [4.78, 5) is 38.8. The quantitative estimate of drug-likeness (QED) is 0.482. The van der Waals surface area contributed by atoms with E-state index in [-0.39, 0.29) is 41.2 Å². The molecule has 2 saturated carbocycles. The lowest BCUT2D eigenvalue weighted by molar-refractivity contribution is -0.145. The molecule has 0 unspecified atom stereocenters. The van der Waals surface area contributed by atoms with Crippen LogP contribution in [0.5, 0.6) is 0 Å². The van der Waals surface area contributed by atoms with Gasteiger partial charge in [0.1, 0.15) is 6.10 Å². The molecule has 0 bridgehead atoms. The lowest BCUT2D eigenvalue weighted by atomic mass is 9.47. The molecule has 6 heteroatoms. The van der Waals surface area contributed by atoms with Crippen LogP contribution >= 0.6 is 0 Å². The molecule has 0 aromatic heterocycles. The first-order valence-corrected chi connectivity index (χ1v) is 13.3. The predicted octanol–water partition coefficient (Wildman–Crippen LogP) is 4.34. The van der Waals surface area contributed by atoms with Crippen LogP contribution in [0.1, 0.15) is 79.6 Å². The number of hydrogen-bond acceptors (Lipinski definition) is 5. The second-order valence-corrected chi connectivity index (χ2v) is 12.5. The van der Waals surface area contributed by atoms with Crippen molar-refractivity contribution in [2.45, 2.75) is 91.8 Å². The van der Waals surface area contributed by atoms with Gasteiger partial charge in [0.15, 0.2) is 11.6 Å². The zero-order valence-electron chi connectivity index (χ0n) is 21.8. The largest absolute Gasteiger partial charge is 0.481 e. The summed E-state index contributed by atoms with van der Waals surface area (Å²) in [6.45, 7) is 13.8. The van der Waals surface area contributed by atoms with Crippen molar-refractivity contribution in [3.05, 3.63) is 23.3 Å². The minimum Gasteiger partial charge on any atom is -0.481 e. The second kappa shape index (κ2) is 8.95. The highest BCUT2D eigenvalue weighted by Crippen LogP contribution is 2.65. The van der Waals surface area contributed by atoms with E-state index >= 15 is 0 Å². The van der Waals surface area contributed by atoms with Crippen molar-refractivity contribution in [3.8, 4) is 0 Å². The highest BCUT2D eigenvalue weighted by molar-refractivity contribution is 6.12. The van der Waals surface area contributed by atoms with E-state index in [1.54, 1.807) is 6.92 Å². The minimum absolute atomic E-state index is 0.0249. The third-order valence-corrected chi connectivity index (χ3v) is 10.9. The molecule has 0 saturated heterocycles. The van der Waals surface area contributed by atoms with Crippen LogP contribution in [0.2, 0.25) is 0 Å². The van der Waals surface area contributed by atoms with Crippen LogP contribution in [-0.2, 0) is 14.4 Å². The van der Waals surface area contributed by atoms with Gasteiger partial charge in [-0.1, -0.05) is 39.8 Å². The number of rotatable bonds is 6. The molecule has 0 heterocycles. The van der Waals surface area contributed by atoms with Crippen LogP contribution in [-0.4, -0.2) is 45.1 Å². The average Bonchev–Trinajstić information content (AvgIpc) is 3.16. The van der Waals surface area contributed by atoms with Gasteiger partial charge < -0.3 is 15.3 Å². The normalized spacial score (nSPS) is 42.7. The van der Waals surface area contributed by atoms with Crippen LogP contribution in [0.4, 0.5) is 0 Å². The topological polar surface area (TPSA) is 112 Å².